The van der Waals surface area contributed by atoms with Crippen molar-refractivity contribution in [2.45, 2.75) is 23.3 Å². The molecule has 0 unspecified atom stereocenters. The minimum atomic E-state index is -3.86. The molecule has 0 saturated heterocycles. The second-order valence-corrected chi connectivity index (χ2v) is 7.55. The number of aliphatic carboxylic acids is 1. The van der Waals surface area contributed by atoms with Gasteiger partial charge in [-0.15, -0.1) is 0 Å². The molecule has 6 nitrogen and oxygen atoms in total. The summed E-state index contributed by atoms with van der Waals surface area (Å²) in [6.07, 6.45) is 1.48. The fourth-order valence-electron chi connectivity index (χ4n) is 2.66. The molecule has 1 N–H and O–H groups in total. The van der Waals surface area contributed by atoms with Crippen molar-refractivity contribution >= 4 is 38.4 Å². The maximum Gasteiger partial charge on any atom is 0.323 e. The summed E-state index contributed by atoms with van der Waals surface area (Å²) in [5, 5.41) is 9.53. The van der Waals surface area contributed by atoms with Gasteiger partial charge in [0.25, 0.3) is 0 Å². The standard InChI is InChI=1S/C16H13ClN2O4S/c1-10-16(24(22,23)12-6-4-11(17)5-7-12)15-13(3-2-8-18-15)19(10)9-14(20)21/h2-8H,9H2,1H3,(H,20,21). The van der Waals surface area contributed by atoms with E-state index in [2.05, 4.69) is 4.98 Å². The second kappa shape index (κ2) is 5.92. The monoisotopic (exact) mass is 364 g/mol. The molecular weight excluding hydrogens is 352 g/mol. The van der Waals surface area contributed by atoms with E-state index in [0.717, 1.165) is 0 Å². The van der Waals surface area contributed by atoms with Gasteiger partial charge < -0.3 is 9.67 Å². The van der Waals surface area contributed by atoms with Gasteiger partial charge in [-0.1, -0.05) is 11.6 Å². The Morgan fingerprint density at radius 3 is 2.54 bits per heavy atom. The van der Waals surface area contributed by atoms with E-state index >= 15 is 0 Å². The lowest BCUT2D eigenvalue weighted by Crippen LogP contribution is -2.11. The number of hydrogen-bond donors (Lipinski definition) is 1. The van der Waals surface area contributed by atoms with E-state index in [1.807, 2.05) is 0 Å². The van der Waals surface area contributed by atoms with Gasteiger partial charge in [-0.25, -0.2) is 8.42 Å². The summed E-state index contributed by atoms with van der Waals surface area (Å²) in [6, 6.07) is 9.11. The van der Waals surface area contributed by atoms with Crippen LogP contribution in [0.15, 0.2) is 52.4 Å². The summed E-state index contributed by atoms with van der Waals surface area (Å²) < 4.78 is 27.5. The van der Waals surface area contributed by atoms with Crippen LogP contribution in [-0.4, -0.2) is 29.0 Å². The van der Waals surface area contributed by atoms with Crippen molar-refractivity contribution in [1.82, 2.24) is 9.55 Å². The van der Waals surface area contributed by atoms with Gasteiger partial charge in [0, 0.05) is 16.9 Å². The molecule has 0 amide bonds. The molecule has 2 aromatic heterocycles. The van der Waals surface area contributed by atoms with Crippen LogP contribution >= 0.6 is 11.6 Å². The number of halogens is 1. The Kier molecular flexibility index (Phi) is 4.06. The van der Waals surface area contributed by atoms with Crippen LogP contribution in [0.25, 0.3) is 11.0 Å². The Hall–Kier alpha value is -2.38. The predicted octanol–water partition coefficient (Wildman–Crippen LogP) is 2.92. The lowest BCUT2D eigenvalue weighted by molar-refractivity contribution is -0.137. The number of carbonyl (C=O) groups is 1. The van der Waals surface area contributed by atoms with Crippen LogP contribution in [0.5, 0.6) is 0 Å². The molecule has 0 aliphatic heterocycles. The van der Waals surface area contributed by atoms with Crippen molar-refractivity contribution in [3.05, 3.63) is 53.3 Å². The molecule has 0 radical (unpaired) electrons. The van der Waals surface area contributed by atoms with Gasteiger partial charge in [-0.3, -0.25) is 9.78 Å². The summed E-state index contributed by atoms with van der Waals surface area (Å²) in [6.45, 7) is 1.23. The van der Waals surface area contributed by atoms with Crippen molar-refractivity contribution in [2.24, 2.45) is 0 Å². The topological polar surface area (TPSA) is 89.3 Å². The zero-order valence-corrected chi connectivity index (χ0v) is 14.2. The number of aromatic nitrogens is 2. The minimum Gasteiger partial charge on any atom is -0.480 e. The fourth-order valence-corrected chi connectivity index (χ4v) is 4.42. The lowest BCUT2D eigenvalue weighted by Gasteiger charge is -2.06. The number of hydrogen-bond acceptors (Lipinski definition) is 4. The van der Waals surface area contributed by atoms with E-state index in [1.165, 1.54) is 35.0 Å². The highest BCUT2D eigenvalue weighted by atomic mass is 35.5. The first kappa shape index (κ1) is 16.5. The maximum absolute atomic E-state index is 13.0. The van der Waals surface area contributed by atoms with Crippen LogP contribution in [-0.2, 0) is 21.2 Å². The number of fused-ring (bicyclic) bond motifs is 1. The van der Waals surface area contributed by atoms with Crippen LogP contribution in [0.4, 0.5) is 0 Å². The van der Waals surface area contributed by atoms with Crippen molar-refractivity contribution in [1.29, 1.82) is 0 Å². The number of nitrogens with zero attached hydrogens (tertiary/aromatic N) is 2. The molecule has 0 fully saturated rings. The van der Waals surface area contributed by atoms with E-state index in [1.54, 1.807) is 19.1 Å². The molecule has 0 aliphatic carbocycles. The Morgan fingerprint density at radius 2 is 1.92 bits per heavy atom. The molecule has 2 heterocycles. The third kappa shape index (κ3) is 2.65. The van der Waals surface area contributed by atoms with E-state index in [4.69, 9.17) is 16.7 Å². The molecule has 0 aliphatic rings. The number of pyridine rings is 1. The molecule has 124 valence electrons. The zero-order valence-electron chi connectivity index (χ0n) is 12.6. The van der Waals surface area contributed by atoms with Gasteiger partial charge in [0.1, 0.15) is 17.0 Å². The zero-order chi connectivity index (χ0) is 17.5. The number of sulfone groups is 1. The number of carboxylic acid groups (broad SMARTS) is 1. The van der Waals surface area contributed by atoms with Crippen molar-refractivity contribution in [3.8, 4) is 0 Å². The van der Waals surface area contributed by atoms with Gasteiger partial charge in [-0.2, -0.15) is 0 Å². The average Bonchev–Trinajstić information content (AvgIpc) is 2.80. The quantitative estimate of drug-likeness (QED) is 0.768. The second-order valence-electron chi connectivity index (χ2n) is 5.22. The SMILES string of the molecule is Cc1c(S(=O)(=O)c2ccc(Cl)cc2)c2ncccc2n1CC(=O)O. The number of benzene rings is 1. The molecule has 24 heavy (non-hydrogen) atoms. The van der Waals surface area contributed by atoms with Gasteiger partial charge in [-0.05, 0) is 43.3 Å². The van der Waals surface area contributed by atoms with E-state index in [-0.39, 0.29) is 21.9 Å². The van der Waals surface area contributed by atoms with Gasteiger partial charge in [0.2, 0.25) is 9.84 Å². The van der Waals surface area contributed by atoms with Gasteiger partial charge >= 0.3 is 5.97 Å². The van der Waals surface area contributed by atoms with E-state index in [0.29, 0.717) is 16.2 Å². The molecule has 3 aromatic rings. The first-order valence-electron chi connectivity index (χ1n) is 6.98. The highest BCUT2D eigenvalue weighted by molar-refractivity contribution is 7.91. The van der Waals surface area contributed by atoms with Crippen LogP contribution in [0, 0.1) is 6.92 Å². The third-order valence-electron chi connectivity index (χ3n) is 3.71. The Morgan fingerprint density at radius 1 is 1.25 bits per heavy atom. The fraction of sp³-hybridized carbons (Fsp3) is 0.125. The van der Waals surface area contributed by atoms with Crippen LogP contribution in [0.2, 0.25) is 5.02 Å². The Bertz CT molecular complexity index is 1040. The molecule has 8 heteroatoms. The van der Waals surface area contributed by atoms with Crippen molar-refractivity contribution in [2.75, 3.05) is 0 Å². The summed E-state index contributed by atoms with van der Waals surface area (Å²) in [5.74, 6) is -1.06. The van der Waals surface area contributed by atoms with Gasteiger partial charge in [0.15, 0.2) is 0 Å². The van der Waals surface area contributed by atoms with Crippen LogP contribution in [0.1, 0.15) is 5.69 Å². The van der Waals surface area contributed by atoms with Crippen LogP contribution < -0.4 is 0 Å². The smallest absolute Gasteiger partial charge is 0.323 e. The number of carboxylic acids is 1. The lowest BCUT2D eigenvalue weighted by atomic mass is 10.4. The predicted molar refractivity (Wildman–Crippen MR) is 89.0 cm³/mol. The summed E-state index contributed by atoms with van der Waals surface area (Å²) in [4.78, 5) is 15.4. The van der Waals surface area contributed by atoms with Crippen molar-refractivity contribution < 1.29 is 18.3 Å². The maximum atomic E-state index is 13.0. The molecule has 0 atom stereocenters. The van der Waals surface area contributed by atoms with E-state index in [9.17, 15) is 13.2 Å². The molecule has 3 rings (SSSR count). The third-order valence-corrected chi connectivity index (χ3v) is 5.88. The first-order chi connectivity index (χ1) is 11.3. The Balaban J connectivity index is 2.31. The molecule has 0 bridgehead atoms. The van der Waals surface area contributed by atoms with Gasteiger partial charge in [0.05, 0.1) is 10.4 Å². The molecule has 1 aromatic carbocycles. The highest BCUT2D eigenvalue weighted by Crippen LogP contribution is 2.32. The first-order valence-corrected chi connectivity index (χ1v) is 8.84. The highest BCUT2D eigenvalue weighted by Gasteiger charge is 2.28. The van der Waals surface area contributed by atoms with E-state index < -0.39 is 15.8 Å². The molecule has 0 saturated carbocycles. The van der Waals surface area contributed by atoms with Crippen molar-refractivity contribution in [3.63, 3.8) is 0 Å². The molecule has 0 spiro atoms. The summed E-state index contributed by atoms with van der Waals surface area (Å²) >= 11 is 5.82. The summed E-state index contributed by atoms with van der Waals surface area (Å²) in [7, 11) is -3.86. The normalized spacial score (nSPS) is 11.8. The largest absolute Gasteiger partial charge is 0.480 e. The average molecular weight is 365 g/mol. The number of rotatable bonds is 4. The summed E-state index contributed by atoms with van der Waals surface area (Å²) in [5.41, 5.74) is 1.05. The minimum absolute atomic E-state index is 0.0154. The Labute approximate surface area is 143 Å². The van der Waals surface area contributed by atoms with Crippen LogP contribution in [0.3, 0.4) is 0 Å². The molecular formula is C16H13ClN2O4S.